The van der Waals surface area contributed by atoms with Crippen LogP contribution in [-0.2, 0) is 6.54 Å². The zero-order valence-corrected chi connectivity index (χ0v) is 7.59. The summed E-state index contributed by atoms with van der Waals surface area (Å²) >= 11 is 0. The van der Waals surface area contributed by atoms with E-state index >= 15 is 0 Å². The molecule has 4 heteroatoms. The summed E-state index contributed by atoms with van der Waals surface area (Å²) in [5.41, 5.74) is 8.25. The highest BCUT2D eigenvalue weighted by molar-refractivity contribution is 5.57. The Morgan fingerprint density at radius 1 is 1.29 bits per heavy atom. The maximum atomic E-state index is 5.51. The van der Waals surface area contributed by atoms with Gasteiger partial charge in [0.05, 0.1) is 11.9 Å². The molecule has 2 rings (SSSR count). The topological polar surface area (TPSA) is 64.7 Å². The van der Waals surface area contributed by atoms with Crippen LogP contribution in [0.5, 0.6) is 0 Å². The highest BCUT2D eigenvalue weighted by atomic mass is 15.1. The molecule has 0 aliphatic rings. The molecule has 0 saturated heterocycles. The molecule has 0 fully saturated rings. The smallest absolute Gasteiger partial charge is 0.0948 e. The van der Waals surface area contributed by atoms with Gasteiger partial charge in [0.2, 0.25) is 0 Å². The Labute approximate surface area is 81.8 Å². The second-order valence-corrected chi connectivity index (χ2v) is 2.89. The van der Waals surface area contributed by atoms with E-state index in [1.807, 2.05) is 18.2 Å². The average Bonchev–Trinajstić information content (AvgIpc) is 2.30. The Hall–Kier alpha value is -1.81. The number of pyridine rings is 1. The van der Waals surface area contributed by atoms with Gasteiger partial charge in [-0.2, -0.15) is 10.2 Å². The molecule has 70 valence electrons. The zero-order chi connectivity index (χ0) is 9.80. The summed E-state index contributed by atoms with van der Waals surface area (Å²) in [4.78, 5) is 4.02. The first-order chi connectivity index (χ1) is 6.90. The molecule has 0 radical (unpaired) electrons. The molecular weight excluding hydrogens is 176 g/mol. The van der Waals surface area contributed by atoms with Crippen molar-refractivity contribution in [3.05, 3.63) is 42.4 Å². The standard InChI is InChI=1S/C10H10N4/c11-5-8-4-10(14-13-6-8)9-2-1-3-12-7-9/h1-4,6-7H,5,11H2. The first-order valence-electron chi connectivity index (χ1n) is 4.32. The normalized spacial score (nSPS) is 10.1. The van der Waals surface area contributed by atoms with Crippen molar-refractivity contribution in [2.75, 3.05) is 0 Å². The van der Waals surface area contributed by atoms with Crippen LogP contribution in [0.15, 0.2) is 36.8 Å². The van der Waals surface area contributed by atoms with Gasteiger partial charge in [-0.1, -0.05) is 0 Å². The van der Waals surface area contributed by atoms with Crippen molar-refractivity contribution in [2.45, 2.75) is 6.54 Å². The molecule has 0 saturated carbocycles. The number of hydrogen-bond acceptors (Lipinski definition) is 4. The molecule has 2 aromatic heterocycles. The maximum Gasteiger partial charge on any atom is 0.0948 e. The van der Waals surface area contributed by atoms with Crippen LogP contribution < -0.4 is 5.73 Å². The van der Waals surface area contributed by atoms with Gasteiger partial charge in [0.25, 0.3) is 0 Å². The first-order valence-corrected chi connectivity index (χ1v) is 4.32. The molecule has 0 spiro atoms. The van der Waals surface area contributed by atoms with Gasteiger partial charge in [-0.25, -0.2) is 0 Å². The van der Waals surface area contributed by atoms with Crippen molar-refractivity contribution in [3.8, 4) is 11.3 Å². The van der Waals surface area contributed by atoms with Gasteiger partial charge >= 0.3 is 0 Å². The van der Waals surface area contributed by atoms with E-state index in [-0.39, 0.29) is 0 Å². The van der Waals surface area contributed by atoms with Crippen LogP contribution in [0.3, 0.4) is 0 Å². The van der Waals surface area contributed by atoms with Gasteiger partial charge in [0.1, 0.15) is 0 Å². The summed E-state index contributed by atoms with van der Waals surface area (Å²) in [5, 5.41) is 7.89. The molecule has 0 aromatic carbocycles. The number of nitrogens with two attached hydrogens (primary N) is 1. The minimum absolute atomic E-state index is 0.475. The van der Waals surface area contributed by atoms with Crippen molar-refractivity contribution in [1.29, 1.82) is 0 Å². The fourth-order valence-electron chi connectivity index (χ4n) is 1.17. The number of rotatable bonds is 2. The summed E-state index contributed by atoms with van der Waals surface area (Å²) in [6.07, 6.45) is 5.15. The lowest BCUT2D eigenvalue weighted by Gasteiger charge is -2.00. The lowest BCUT2D eigenvalue weighted by atomic mass is 10.1. The van der Waals surface area contributed by atoms with E-state index in [2.05, 4.69) is 15.2 Å². The van der Waals surface area contributed by atoms with E-state index in [0.29, 0.717) is 6.54 Å². The van der Waals surface area contributed by atoms with E-state index in [1.54, 1.807) is 18.6 Å². The summed E-state index contributed by atoms with van der Waals surface area (Å²) < 4.78 is 0. The van der Waals surface area contributed by atoms with E-state index in [9.17, 15) is 0 Å². The van der Waals surface area contributed by atoms with Crippen LogP contribution in [0, 0.1) is 0 Å². The first kappa shape index (κ1) is 8.77. The third-order valence-corrected chi connectivity index (χ3v) is 1.90. The average molecular weight is 186 g/mol. The van der Waals surface area contributed by atoms with Crippen LogP contribution in [0.2, 0.25) is 0 Å². The van der Waals surface area contributed by atoms with Crippen LogP contribution in [0.4, 0.5) is 0 Å². The van der Waals surface area contributed by atoms with Crippen LogP contribution in [-0.4, -0.2) is 15.2 Å². The second kappa shape index (κ2) is 3.93. The van der Waals surface area contributed by atoms with Gasteiger partial charge in [-0.05, 0) is 23.8 Å². The molecular formula is C10H10N4. The van der Waals surface area contributed by atoms with Crippen molar-refractivity contribution in [3.63, 3.8) is 0 Å². The largest absolute Gasteiger partial charge is 0.326 e. The fourth-order valence-corrected chi connectivity index (χ4v) is 1.17. The van der Waals surface area contributed by atoms with E-state index in [0.717, 1.165) is 16.8 Å². The zero-order valence-electron chi connectivity index (χ0n) is 7.59. The fraction of sp³-hybridized carbons (Fsp3) is 0.100. The summed E-state index contributed by atoms with van der Waals surface area (Å²) in [6, 6.07) is 5.73. The van der Waals surface area contributed by atoms with Crippen LogP contribution in [0.25, 0.3) is 11.3 Å². The highest BCUT2D eigenvalue weighted by Gasteiger charge is 2.00. The molecule has 2 aromatic rings. The summed E-state index contributed by atoms with van der Waals surface area (Å²) in [7, 11) is 0. The third-order valence-electron chi connectivity index (χ3n) is 1.90. The molecule has 14 heavy (non-hydrogen) atoms. The molecule has 0 atom stereocenters. The van der Waals surface area contributed by atoms with Gasteiger partial charge in [-0.3, -0.25) is 4.98 Å². The van der Waals surface area contributed by atoms with Gasteiger partial charge in [0, 0.05) is 24.5 Å². The lowest BCUT2D eigenvalue weighted by Crippen LogP contribution is -1.99. The van der Waals surface area contributed by atoms with Gasteiger partial charge in [0.15, 0.2) is 0 Å². The Bertz CT molecular complexity index is 413. The molecule has 0 bridgehead atoms. The Morgan fingerprint density at radius 3 is 2.93 bits per heavy atom. The quantitative estimate of drug-likeness (QED) is 0.759. The predicted molar refractivity (Wildman–Crippen MR) is 53.2 cm³/mol. The van der Waals surface area contributed by atoms with Crippen molar-refractivity contribution in [2.24, 2.45) is 5.73 Å². The molecule has 2 heterocycles. The van der Waals surface area contributed by atoms with E-state index in [4.69, 9.17) is 5.73 Å². The molecule has 0 aliphatic heterocycles. The molecule has 2 N–H and O–H groups in total. The molecule has 0 aliphatic carbocycles. The minimum atomic E-state index is 0.475. The molecule has 0 amide bonds. The van der Waals surface area contributed by atoms with Crippen LogP contribution >= 0.6 is 0 Å². The molecule has 4 nitrogen and oxygen atoms in total. The summed E-state index contributed by atoms with van der Waals surface area (Å²) in [6.45, 7) is 0.475. The van der Waals surface area contributed by atoms with Gasteiger partial charge < -0.3 is 5.73 Å². The maximum absolute atomic E-state index is 5.51. The Kier molecular flexibility index (Phi) is 2.46. The van der Waals surface area contributed by atoms with Crippen molar-refractivity contribution in [1.82, 2.24) is 15.2 Å². The monoisotopic (exact) mass is 186 g/mol. The van der Waals surface area contributed by atoms with E-state index < -0.39 is 0 Å². The number of aromatic nitrogens is 3. The second-order valence-electron chi connectivity index (χ2n) is 2.89. The lowest BCUT2D eigenvalue weighted by molar-refractivity contribution is 0.970. The predicted octanol–water partition coefficient (Wildman–Crippen LogP) is 0.997. The molecule has 0 unspecified atom stereocenters. The van der Waals surface area contributed by atoms with E-state index in [1.165, 1.54) is 0 Å². The van der Waals surface area contributed by atoms with Crippen molar-refractivity contribution >= 4 is 0 Å². The number of nitrogens with zero attached hydrogens (tertiary/aromatic N) is 3. The van der Waals surface area contributed by atoms with Crippen LogP contribution in [0.1, 0.15) is 5.56 Å². The third kappa shape index (κ3) is 1.75. The summed E-state index contributed by atoms with van der Waals surface area (Å²) in [5.74, 6) is 0. The van der Waals surface area contributed by atoms with Gasteiger partial charge in [-0.15, -0.1) is 0 Å². The Morgan fingerprint density at radius 2 is 2.21 bits per heavy atom. The SMILES string of the molecule is NCc1cnnc(-c2cccnc2)c1. The number of hydrogen-bond donors (Lipinski definition) is 1. The highest BCUT2D eigenvalue weighted by Crippen LogP contribution is 2.14. The van der Waals surface area contributed by atoms with Crippen molar-refractivity contribution < 1.29 is 0 Å². The minimum Gasteiger partial charge on any atom is -0.326 e. The Balaban J connectivity index is 2.42.